The van der Waals surface area contributed by atoms with E-state index in [-0.39, 0.29) is 0 Å². The van der Waals surface area contributed by atoms with Crippen LogP contribution in [0, 0.1) is 36.0 Å². The molecule has 0 bridgehead atoms. The molecule has 0 saturated heterocycles. The lowest BCUT2D eigenvalue weighted by Crippen LogP contribution is -2.25. The molecule has 19 heavy (non-hydrogen) atoms. The van der Waals surface area contributed by atoms with E-state index in [0.717, 1.165) is 17.8 Å². The van der Waals surface area contributed by atoms with E-state index in [9.17, 15) is 0 Å². The van der Waals surface area contributed by atoms with Gasteiger partial charge in [-0.2, -0.15) is 0 Å². The molecule has 0 nitrogen and oxygen atoms in total. The van der Waals surface area contributed by atoms with Gasteiger partial charge < -0.3 is 0 Å². The molecule has 2 aliphatic rings. The molecule has 0 amide bonds. The molecule has 2 rings (SSSR count). The third-order valence-corrected chi connectivity index (χ3v) is 5.35. The SMILES string of the molecule is C#CC1CCC(C2CCC(/C=C/CCC)CC2)CC1. The van der Waals surface area contributed by atoms with Gasteiger partial charge in [-0.25, -0.2) is 0 Å². The summed E-state index contributed by atoms with van der Waals surface area (Å²) in [5.74, 6) is 6.42. The molecule has 0 atom stereocenters. The highest BCUT2D eigenvalue weighted by Gasteiger charge is 2.29. The Morgan fingerprint density at radius 3 is 2.05 bits per heavy atom. The number of allylic oxidation sites excluding steroid dienone is 2. The van der Waals surface area contributed by atoms with Crippen LogP contribution in [0.1, 0.15) is 71.1 Å². The van der Waals surface area contributed by atoms with Crippen LogP contribution in [0.25, 0.3) is 0 Å². The lowest BCUT2D eigenvalue weighted by Gasteiger charge is -2.36. The molecule has 0 aliphatic heterocycles. The monoisotopic (exact) mass is 258 g/mol. The van der Waals surface area contributed by atoms with Crippen molar-refractivity contribution in [3.05, 3.63) is 12.2 Å². The zero-order chi connectivity index (χ0) is 13.5. The molecule has 2 aliphatic carbocycles. The van der Waals surface area contributed by atoms with Gasteiger partial charge in [0.1, 0.15) is 0 Å². The average molecular weight is 258 g/mol. The van der Waals surface area contributed by atoms with Gasteiger partial charge in [0.15, 0.2) is 0 Å². The van der Waals surface area contributed by atoms with Crippen LogP contribution in [0.4, 0.5) is 0 Å². The molecule has 0 heterocycles. The molecule has 0 unspecified atom stereocenters. The Labute approximate surface area is 120 Å². The first-order valence-electron chi connectivity index (χ1n) is 8.46. The zero-order valence-corrected chi connectivity index (χ0v) is 12.6. The molecule has 0 heteroatoms. The fraction of sp³-hybridized carbons (Fsp3) is 0.789. The number of rotatable bonds is 4. The first-order valence-corrected chi connectivity index (χ1v) is 8.46. The van der Waals surface area contributed by atoms with E-state index in [0.29, 0.717) is 5.92 Å². The standard InChI is InChI=1S/C19H30/c1-3-5-6-7-17-10-14-19(15-11-17)18-12-8-16(4-2)9-13-18/h2,6-7,16-19H,3,5,8-15H2,1H3/b7-6+. The third kappa shape index (κ3) is 4.41. The second-order valence-electron chi connectivity index (χ2n) is 6.67. The Bertz CT molecular complexity index is 303. The zero-order valence-electron chi connectivity index (χ0n) is 12.6. The second kappa shape index (κ2) is 7.78. The maximum atomic E-state index is 5.55. The third-order valence-electron chi connectivity index (χ3n) is 5.35. The quantitative estimate of drug-likeness (QED) is 0.455. The first kappa shape index (κ1) is 14.7. The Kier molecular flexibility index (Phi) is 6.02. The van der Waals surface area contributed by atoms with E-state index < -0.39 is 0 Å². The Morgan fingerprint density at radius 2 is 1.53 bits per heavy atom. The van der Waals surface area contributed by atoms with Crippen LogP contribution < -0.4 is 0 Å². The smallest absolute Gasteiger partial charge is 0.0200 e. The predicted octanol–water partition coefficient (Wildman–Crippen LogP) is 5.59. The fourth-order valence-corrected chi connectivity index (χ4v) is 4.02. The molecule has 0 aromatic rings. The van der Waals surface area contributed by atoms with Crippen molar-refractivity contribution in [1.29, 1.82) is 0 Å². The molecule has 0 radical (unpaired) electrons. The first-order chi connectivity index (χ1) is 9.33. The van der Waals surface area contributed by atoms with Crippen molar-refractivity contribution in [2.75, 3.05) is 0 Å². The van der Waals surface area contributed by atoms with Crippen LogP contribution in [-0.4, -0.2) is 0 Å². The van der Waals surface area contributed by atoms with E-state index in [4.69, 9.17) is 6.42 Å². The van der Waals surface area contributed by atoms with Gasteiger partial charge in [0.25, 0.3) is 0 Å². The normalized spacial score (nSPS) is 36.2. The highest BCUT2D eigenvalue weighted by atomic mass is 14.3. The average Bonchev–Trinajstić information content (AvgIpc) is 2.48. The maximum Gasteiger partial charge on any atom is 0.0200 e. The highest BCUT2D eigenvalue weighted by molar-refractivity contribution is 4.97. The van der Waals surface area contributed by atoms with Gasteiger partial charge in [0.2, 0.25) is 0 Å². The van der Waals surface area contributed by atoms with Crippen LogP contribution in [0.2, 0.25) is 0 Å². The van der Waals surface area contributed by atoms with Crippen molar-refractivity contribution in [3.63, 3.8) is 0 Å². The van der Waals surface area contributed by atoms with Crippen molar-refractivity contribution in [3.8, 4) is 12.3 Å². The summed E-state index contributed by atoms with van der Waals surface area (Å²) in [4.78, 5) is 0. The molecule has 0 aromatic carbocycles. The molecular formula is C19H30. The Balaban J connectivity index is 1.70. The van der Waals surface area contributed by atoms with Gasteiger partial charge >= 0.3 is 0 Å². The van der Waals surface area contributed by atoms with Crippen molar-refractivity contribution >= 4 is 0 Å². The number of hydrogen-bond donors (Lipinski definition) is 0. The van der Waals surface area contributed by atoms with Gasteiger partial charge in [-0.15, -0.1) is 12.3 Å². The lowest BCUT2D eigenvalue weighted by molar-refractivity contribution is 0.168. The summed E-state index contributed by atoms with van der Waals surface area (Å²) < 4.78 is 0. The van der Waals surface area contributed by atoms with Gasteiger partial charge in [-0.1, -0.05) is 25.5 Å². The number of unbranched alkanes of at least 4 members (excludes halogenated alkanes) is 1. The molecule has 0 aromatic heterocycles. The summed E-state index contributed by atoms with van der Waals surface area (Å²) in [6, 6.07) is 0. The molecule has 2 fully saturated rings. The summed E-state index contributed by atoms with van der Waals surface area (Å²) >= 11 is 0. The van der Waals surface area contributed by atoms with E-state index in [1.54, 1.807) is 0 Å². The largest absolute Gasteiger partial charge is 0.120 e. The predicted molar refractivity (Wildman–Crippen MR) is 83.8 cm³/mol. The van der Waals surface area contributed by atoms with Gasteiger partial charge in [0, 0.05) is 5.92 Å². The van der Waals surface area contributed by atoms with Crippen molar-refractivity contribution < 1.29 is 0 Å². The van der Waals surface area contributed by atoms with Crippen LogP contribution in [0.5, 0.6) is 0 Å². The van der Waals surface area contributed by atoms with Crippen molar-refractivity contribution in [2.45, 2.75) is 71.1 Å². The molecule has 2 saturated carbocycles. The highest BCUT2D eigenvalue weighted by Crippen LogP contribution is 2.41. The molecule has 106 valence electrons. The Hall–Kier alpha value is -0.700. The minimum atomic E-state index is 0.588. The number of hydrogen-bond acceptors (Lipinski definition) is 0. The Morgan fingerprint density at radius 1 is 0.947 bits per heavy atom. The van der Waals surface area contributed by atoms with Gasteiger partial charge in [-0.3, -0.25) is 0 Å². The van der Waals surface area contributed by atoms with Gasteiger partial charge in [-0.05, 0) is 75.5 Å². The van der Waals surface area contributed by atoms with E-state index in [2.05, 4.69) is 25.0 Å². The summed E-state index contributed by atoms with van der Waals surface area (Å²) in [7, 11) is 0. The molecular weight excluding hydrogens is 228 g/mol. The summed E-state index contributed by atoms with van der Waals surface area (Å²) in [5.41, 5.74) is 0. The van der Waals surface area contributed by atoms with Crippen LogP contribution in [0.3, 0.4) is 0 Å². The lowest BCUT2D eigenvalue weighted by atomic mass is 9.69. The van der Waals surface area contributed by atoms with Crippen LogP contribution in [-0.2, 0) is 0 Å². The maximum absolute atomic E-state index is 5.55. The molecule has 0 spiro atoms. The second-order valence-corrected chi connectivity index (χ2v) is 6.67. The fourth-order valence-electron chi connectivity index (χ4n) is 4.02. The molecule has 0 N–H and O–H groups in total. The number of terminal acetylenes is 1. The van der Waals surface area contributed by atoms with Gasteiger partial charge in [0.05, 0.1) is 0 Å². The van der Waals surface area contributed by atoms with E-state index >= 15 is 0 Å². The van der Waals surface area contributed by atoms with Crippen LogP contribution >= 0.6 is 0 Å². The summed E-state index contributed by atoms with van der Waals surface area (Å²) in [6.07, 6.45) is 24.2. The summed E-state index contributed by atoms with van der Waals surface area (Å²) in [5, 5.41) is 0. The van der Waals surface area contributed by atoms with E-state index in [1.165, 1.54) is 64.2 Å². The minimum Gasteiger partial charge on any atom is -0.120 e. The van der Waals surface area contributed by atoms with Crippen molar-refractivity contribution in [1.82, 2.24) is 0 Å². The summed E-state index contributed by atoms with van der Waals surface area (Å²) in [6.45, 7) is 2.26. The minimum absolute atomic E-state index is 0.588. The topological polar surface area (TPSA) is 0 Å². The van der Waals surface area contributed by atoms with Crippen molar-refractivity contribution in [2.24, 2.45) is 23.7 Å². The van der Waals surface area contributed by atoms with E-state index in [1.807, 2.05) is 0 Å². The van der Waals surface area contributed by atoms with Crippen LogP contribution in [0.15, 0.2) is 12.2 Å².